The van der Waals surface area contributed by atoms with Crippen molar-refractivity contribution in [1.29, 1.82) is 0 Å². The Labute approximate surface area is 159 Å². The van der Waals surface area contributed by atoms with E-state index in [9.17, 15) is 9.59 Å². The van der Waals surface area contributed by atoms with Gasteiger partial charge in [-0.3, -0.25) is 10.1 Å². The molecular weight excluding hydrogens is 374 g/mol. The second-order valence-electron chi connectivity index (χ2n) is 5.49. The highest BCUT2D eigenvalue weighted by atomic mass is 35.5. The molecule has 0 saturated heterocycles. The summed E-state index contributed by atoms with van der Waals surface area (Å²) in [6.07, 6.45) is 3.31. The third-order valence-corrected chi connectivity index (χ3v) is 4.81. The van der Waals surface area contributed by atoms with Gasteiger partial charge in [0.1, 0.15) is 5.15 Å². The van der Waals surface area contributed by atoms with Crippen molar-refractivity contribution in [1.82, 2.24) is 9.97 Å². The minimum atomic E-state index is -0.388. The molecule has 2 heterocycles. The number of benzene rings is 1. The molecule has 0 saturated carbocycles. The SMILES string of the molecule is CCCCOC(=O)c1ccc2nc(NC(=O)c3cccnc3Cl)sc2c1. The van der Waals surface area contributed by atoms with Crippen LogP contribution in [0.2, 0.25) is 5.15 Å². The van der Waals surface area contributed by atoms with E-state index < -0.39 is 0 Å². The predicted octanol–water partition coefficient (Wildman–Crippen LogP) is 4.55. The zero-order chi connectivity index (χ0) is 18.5. The van der Waals surface area contributed by atoms with Crippen molar-refractivity contribution in [2.24, 2.45) is 0 Å². The molecule has 0 fully saturated rings. The van der Waals surface area contributed by atoms with Gasteiger partial charge in [0.15, 0.2) is 5.13 Å². The van der Waals surface area contributed by atoms with Gasteiger partial charge in [-0.05, 0) is 36.8 Å². The van der Waals surface area contributed by atoms with Crippen molar-refractivity contribution in [2.45, 2.75) is 19.8 Å². The minimum absolute atomic E-state index is 0.128. The average Bonchev–Trinajstić information content (AvgIpc) is 3.03. The van der Waals surface area contributed by atoms with E-state index >= 15 is 0 Å². The number of thiazole rings is 1. The maximum Gasteiger partial charge on any atom is 0.338 e. The Morgan fingerprint density at radius 2 is 2.15 bits per heavy atom. The summed E-state index contributed by atoms with van der Waals surface area (Å²) in [7, 11) is 0. The first kappa shape index (κ1) is 18.3. The van der Waals surface area contributed by atoms with Crippen LogP contribution in [0.1, 0.15) is 40.5 Å². The van der Waals surface area contributed by atoms with Crippen LogP contribution in [0.25, 0.3) is 10.2 Å². The molecule has 2 aromatic heterocycles. The topological polar surface area (TPSA) is 81.2 Å². The van der Waals surface area contributed by atoms with Gasteiger partial charge < -0.3 is 4.74 Å². The molecule has 134 valence electrons. The molecule has 8 heteroatoms. The van der Waals surface area contributed by atoms with Gasteiger partial charge in [0, 0.05) is 6.20 Å². The number of nitrogens with zero attached hydrogens (tertiary/aromatic N) is 2. The standard InChI is InChI=1S/C18H16ClN3O3S/c1-2-3-9-25-17(24)11-6-7-13-14(10-11)26-18(21-13)22-16(23)12-5-4-8-20-15(12)19/h4-8,10H,2-3,9H2,1H3,(H,21,22,23). The Hall–Kier alpha value is -2.51. The normalized spacial score (nSPS) is 10.7. The number of ether oxygens (including phenoxy) is 1. The summed E-state index contributed by atoms with van der Waals surface area (Å²) in [5.74, 6) is -0.747. The molecule has 0 spiro atoms. The van der Waals surface area contributed by atoms with Crippen LogP contribution in [0.4, 0.5) is 5.13 Å². The number of unbranched alkanes of at least 4 members (excludes halogenated alkanes) is 1. The maximum absolute atomic E-state index is 12.3. The maximum atomic E-state index is 12.3. The number of hydrogen-bond donors (Lipinski definition) is 1. The fourth-order valence-electron chi connectivity index (χ4n) is 2.22. The highest BCUT2D eigenvalue weighted by Gasteiger charge is 2.15. The molecule has 1 aromatic carbocycles. The summed E-state index contributed by atoms with van der Waals surface area (Å²) in [5.41, 5.74) is 1.42. The Kier molecular flexibility index (Phi) is 5.80. The zero-order valence-corrected chi connectivity index (χ0v) is 15.6. The molecule has 3 rings (SSSR count). The van der Waals surface area contributed by atoms with Crippen molar-refractivity contribution in [3.8, 4) is 0 Å². The van der Waals surface area contributed by atoms with E-state index in [1.165, 1.54) is 17.5 Å². The molecule has 0 unspecified atom stereocenters. The Morgan fingerprint density at radius 1 is 1.31 bits per heavy atom. The summed E-state index contributed by atoms with van der Waals surface area (Å²) >= 11 is 7.20. The van der Waals surface area contributed by atoms with Gasteiger partial charge in [-0.25, -0.2) is 14.8 Å². The molecule has 0 aliphatic heterocycles. The second-order valence-corrected chi connectivity index (χ2v) is 6.88. The van der Waals surface area contributed by atoms with Crippen LogP contribution in [0.3, 0.4) is 0 Å². The van der Waals surface area contributed by atoms with Crippen LogP contribution in [0, 0.1) is 0 Å². The average molecular weight is 390 g/mol. The van der Waals surface area contributed by atoms with Gasteiger partial charge >= 0.3 is 5.97 Å². The highest BCUT2D eigenvalue weighted by molar-refractivity contribution is 7.22. The van der Waals surface area contributed by atoms with Gasteiger partial charge in [-0.15, -0.1) is 0 Å². The number of nitrogens with one attached hydrogen (secondary N) is 1. The molecule has 0 bridgehead atoms. The van der Waals surface area contributed by atoms with E-state index in [2.05, 4.69) is 15.3 Å². The number of hydrogen-bond acceptors (Lipinski definition) is 6. The summed E-state index contributed by atoms with van der Waals surface area (Å²) in [5, 5.41) is 3.25. The fourth-order valence-corrected chi connectivity index (χ4v) is 3.32. The lowest BCUT2D eigenvalue weighted by Crippen LogP contribution is -2.12. The summed E-state index contributed by atoms with van der Waals surface area (Å²) in [6.45, 7) is 2.44. The third-order valence-electron chi connectivity index (χ3n) is 3.58. The number of halogens is 1. The van der Waals surface area contributed by atoms with Crippen LogP contribution < -0.4 is 5.32 Å². The minimum Gasteiger partial charge on any atom is -0.462 e. The molecule has 0 aliphatic rings. The van der Waals surface area contributed by atoms with Gasteiger partial charge in [-0.1, -0.05) is 36.3 Å². The molecular formula is C18H16ClN3O3S. The molecule has 26 heavy (non-hydrogen) atoms. The molecule has 0 atom stereocenters. The summed E-state index contributed by atoms with van der Waals surface area (Å²) < 4.78 is 5.99. The first-order valence-corrected chi connectivity index (χ1v) is 9.27. The molecule has 6 nitrogen and oxygen atoms in total. The predicted molar refractivity (Wildman–Crippen MR) is 102 cm³/mol. The second kappa shape index (κ2) is 8.25. The van der Waals surface area contributed by atoms with E-state index in [0.29, 0.717) is 22.8 Å². The number of pyridine rings is 1. The van der Waals surface area contributed by atoms with Crippen molar-refractivity contribution in [3.05, 3.63) is 52.8 Å². The molecule has 1 amide bonds. The first-order chi connectivity index (χ1) is 12.6. The Balaban J connectivity index is 1.76. The Morgan fingerprint density at radius 3 is 2.92 bits per heavy atom. The smallest absolute Gasteiger partial charge is 0.338 e. The van der Waals surface area contributed by atoms with E-state index in [1.54, 1.807) is 30.3 Å². The molecule has 3 aromatic rings. The molecule has 0 aliphatic carbocycles. The van der Waals surface area contributed by atoms with Crippen LogP contribution in [-0.2, 0) is 4.74 Å². The van der Waals surface area contributed by atoms with E-state index in [0.717, 1.165) is 17.5 Å². The van der Waals surface area contributed by atoms with Crippen LogP contribution >= 0.6 is 22.9 Å². The van der Waals surface area contributed by atoms with Crippen molar-refractivity contribution in [2.75, 3.05) is 11.9 Å². The number of esters is 1. The number of anilines is 1. The number of aromatic nitrogens is 2. The lowest BCUT2D eigenvalue weighted by molar-refractivity contribution is 0.0500. The number of carbonyl (C=O) groups excluding carboxylic acids is 2. The summed E-state index contributed by atoms with van der Waals surface area (Å²) in [4.78, 5) is 32.6. The zero-order valence-electron chi connectivity index (χ0n) is 14.0. The third kappa shape index (κ3) is 4.17. The van der Waals surface area contributed by atoms with E-state index in [4.69, 9.17) is 16.3 Å². The largest absolute Gasteiger partial charge is 0.462 e. The number of amides is 1. The van der Waals surface area contributed by atoms with Gasteiger partial charge in [0.25, 0.3) is 5.91 Å². The fraction of sp³-hybridized carbons (Fsp3) is 0.222. The van der Waals surface area contributed by atoms with E-state index in [1.807, 2.05) is 6.92 Å². The van der Waals surface area contributed by atoms with Crippen LogP contribution in [0.5, 0.6) is 0 Å². The number of rotatable bonds is 6. The monoisotopic (exact) mass is 389 g/mol. The molecule has 0 radical (unpaired) electrons. The summed E-state index contributed by atoms with van der Waals surface area (Å²) in [6, 6.07) is 8.33. The van der Waals surface area contributed by atoms with Crippen molar-refractivity contribution < 1.29 is 14.3 Å². The number of carbonyl (C=O) groups is 2. The Bertz CT molecular complexity index is 958. The lowest BCUT2D eigenvalue weighted by atomic mass is 10.2. The van der Waals surface area contributed by atoms with Crippen LogP contribution in [-0.4, -0.2) is 28.5 Å². The first-order valence-electron chi connectivity index (χ1n) is 8.08. The van der Waals surface area contributed by atoms with Gasteiger partial charge in [0.2, 0.25) is 0 Å². The quantitative estimate of drug-likeness (QED) is 0.380. The van der Waals surface area contributed by atoms with Crippen molar-refractivity contribution >= 4 is 50.2 Å². The molecule has 1 N–H and O–H groups in total. The van der Waals surface area contributed by atoms with Gasteiger partial charge in [-0.2, -0.15) is 0 Å². The lowest BCUT2D eigenvalue weighted by Gasteiger charge is -2.03. The van der Waals surface area contributed by atoms with E-state index in [-0.39, 0.29) is 22.6 Å². The van der Waals surface area contributed by atoms with Crippen molar-refractivity contribution in [3.63, 3.8) is 0 Å². The van der Waals surface area contributed by atoms with Crippen LogP contribution in [0.15, 0.2) is 36.5 Å². The van der Waals surface area contributed by atoms with Gasteiger partial charge in [0.05, 0.1) is 28.0 Å². The number of fused-ring (bicyclic) bond motifs is 1. The highest BCUT2D eigenvalue weighted by Crippen LogP contribution is 2.28.